The summed E-state index contributed by atoms with van der Waals surface area (Å²) in [6.45, 7) is 5.14. The summed E-state index contributed by atoms with van der Waals surface area (Å²) in [5.41, 5.74) is 3.75. The van der Waals surface area contributed by atoms with E-state index in [1.807, 2.05) is 18.2 Å². The summed E-state index contributed by atoms with van der Waals surface area (Å²) in [6.07, 6.45) is 0. The molecule has 1 N–H and O–H groups in total. The second-order valence-electron chi connectivity index (χ2n) is 4.17. The van der Waals surface area contributed by atoms with Gasteiger partial charge < -0.3 is 5.32 Å². The van der Waals surface area contributed by atoms with Crippen molar-refractivity contribution in [1.82, 2.24) is 5.32 Å². The predicted molar refractivity (Wildman–Crippen MR) is 81.0 cm³/mol. The standard InChI is InChI=1S/C14H15Cl2NS/c1-3-17-14(11-8-18-7-9(11)2)10-4-5-12(15)13(16)6-10/h4-8,14,17H,3H2,1-2H3. The number of hydrogen-bond donors (Lipinski definition) is 1. The van der Waals surface area contributed by atoms with Crippen LogP contribution < -0.4 is 5.32 Å². The van der Waals surface area contributed by atoms with E-state index in [0.29, 0.717) is 10.0 Å². The monoisotopic (exact) mass is 299 g/mol. The third-order valence-corrected chi connectivity index (χ3v) is 4.51. The average Bonchev–Trinajstić information content (AvgIpc) is 2.76. The van der Waals surface area contributed by atoms with Crippen molar-refractivity contribution in [3.05, 3.63) is 55.7 Å². The fourth-order valence-corrected chi connectivity index (χ4v) is 3.15. The van der Waals surface area contributed by atoms with E-state index >= 15 is 0 Å². The van der Waals surface area contributed by atoms with Gasteiger partial charge in [-0.2, -0.15) is 11.3 Å². The quantitative estimate of drug-likeness (QED) is 0.832. The summed E-state index contributed by atoms with van der Waals surface area (Å²) in [5, 5.41) is 9.04. The lowest BCUT2D eigenvalue weighted by molar-refractivity contribution is 0.630. The van der Waals surface area contributed by atoms with Gasteiger partial charge in [0.15, 0.2) is 0 Å². The van der Waals surface area contributed by atoms with Crippen LogP contribution in [-0.2, 0) is 0 Å². The zero-order valence-corrected chi connectivity index (χ0v) is 12.7. The fourth-order valence-electron chi connectivity index (χ4n) is 1.97. The highest BCUT2D eigenvalue weighted by molar-refractivity contribution is 7.08. The van der Waals surface area contributed by atoms with Crippen LogP contribution in [0.4, 0.5) is 0 Å². The van der Waals surface area contributed by atoms with E-state index in [1.165, 1.54) is 11.1 Å². The number of nitrogens with one attached hydrogen (secondary N) is 1. The SMILES string of the molecule is CCNC(c1ccc(Cl)c(Cl)c1)c1cscc1C. The lowest BCUT2D eigenvalue weighted by Crippen LogP contribution is -2.22. The number of benzene rings is 1. The Bertz CT molecular complexity index is 536. The third kappa shape index (κ3) is 2.89. The van der Waals surface area contributed by atoms with Gasteiger partial charge in [-0.25, -0.2) is 0 Å². The van der Waals surface area contributed by atoms with E-state index in [4.69, 9.17) is 23.2 Å². The predicted octanol–water partition coefficient (Wildman–Crippen LogP) is 5.06. The topological polar surface area (TPSA) is 12.0 Å². The van der Waals surface area contributed by atoms with Gasteiger partial charge in [-0.1, -0.05) is 36.2 Å². The molecule has 0 saturated heterocycles. The highest BCUT2D eigenvalue weighted by atomic mass is 35.5. The molecule has 0 aliphatic heterocycles. The largest absolute Gasteiger partial charge is 0.306 e. The first-order valence-corrected chi connectivity index (χ1v) is 7.54. The van der Waals surface area contributed by atoms with Crippen molar-refractivity contribution in [2.24, 2.45) is 0 Å². The van der Waals surface area contributed by atoms with Gasteiger partial charge in [0.1, 0.15) is 0 Å². The molecule has 1 heterocycles. The summed E-state index contributed by atoms with van der Waals surface area (Å²) in [4.78, 5) is 0. The molecular formula is C14H15Cl2NS. The molecule has 1 nitrogen and oxygen atoms in total. The Kier molecular flexibility index (Phi) is 4.68. The van der Waals surface area contributed by atoms with Crippen molar-refractivity contribution >= 4 is 34.5 Å². The number of rotatable bonds is 4. The van der Waals surface area contributed by atoms with Gasteiger partial charge >= 0.3 is 0 Å². The Morgan fingerprint density at radius 2 is 2.00 bits per heavy atom. The van der Waals surface area contributed by atoms with Crippen molar-refractivity contribution in [2.45, 2.75) is 19.9 Å². The van der Waals surface area contributed by atoms with Crippen LogP contribution in [0.1, 0.15) is 29.7 Å². The zero-order valence-electron chi connectivity index (χ0n) is 10.3. The van der Waals surface area contributed by atoms with E-state index in [1.54, 1.807) is 11.3 Å². The summed E-state index contributed by atoms with van der Waals surface area (Å²) in [5.74, 6) is 0. The maximum atomic E-state index is 6.10. The van der Waals surface area contributed by atoms with Crippen LogP contribution in [0.3, 0.4) is 0 Å². The molecule has 96 valence electrons. The molecular weight excluding hydrogens is 285 g/mol. The first-order valence-electron chi connectivity index (χ1n) is 5.84. The lowest BCUT2D eigenvalue weighted by atomic mass is 9.98. The van der Waals surface area contributed by atoms with Gasteiger partial charge in [0.05, 0.1) is 16.1 Å². The van der Waals surface area contributed by atoms with Crippen LogP contribution in [0.15, 0.2) is 29.0 Å². The summed E-state index contributed by atoms with van der Waals surface area (Å²) in [6, 6.07) is 5.99. The molecule has 0 radical (unpaired) electrons. The van der Waals surface area contributed by atoms with Gasteiger partial charge in [-0.05, 0) is 53.1 Å². The Hall–Kier alpha value is -0.540. The van der Waals surface area contributed by atoms with E-state index in [9.17, 15) is 0 Å². The third-order valence-electron chi connectivity index (χ3n) is 2.89. The van der Waals surface area contributed by atoms with Crippen LogP contribution in [0.5, 0.6) is 0 Å². The van der Waals surface area contributed by atoms with Crippen molar-refractivity contribution in [3.8, 4) is 0 Å². The highest BCUT2D eigenvalue weighted by Gasteiger charge is 2.16. The Balaban J connectivity index is 2.41. The van der Waals surface area contributed by atoms with Crippen LogP contribution in [-0.4, -0.2) is 6.54 Å². The first kappa shape index (κ1) is 13.9. The molecule has 0 aliphatic rings. The highest BCUT2D eigenvalue weighted by Crippen LogP contribution is 2.31. The second kappa shape index (κ2) is 6.07. The minimum atomic E-state index is 0.177. The molecule has 0 saturated carbocycles. The number of thiophene rings is 1. The Labute approximate surface area is 122 Å². The number of aryl methyl sites for hydroxylation is 1. The van der Waals surface area contributed by atoms with Crippen LogP contribution in [0.2, 0.25) is 10.0 Å². The maximum absolute atomic E-state index is 6.10. The van der Waals surface area contributed by atoms with Crippen molar-refractivity contribution in [3.63, 3.8) is 0 Å². The van der Waals surface area contributed by atoms with E-state index in [0.717, 1.165) is 12.1 Å². The van der Waals surface area contributed by atoms with Gasteiger partial charge in [-0.3, -0.25) is 0 Å². The minimum absolute atomic E-state index is 0.177. The first-order chi connectivity index (χ1) is 8.63. The van der Waals surface area contributed by atoms with Crippen LogP contribution in [0.25, 0.3) is 0 Å². The average molecular weight is 300 g/mol. The molecule has 18 heavy (non-hydrogen) atoms. The van der Waals surface area contributed by atoms with Crippen LogP contribution >= 0.6 is 34.5 Å². The lowest BCUT2D eigenvalue weighted by Gasteiger charge is -2.19. The number of hydrogen-bond acceptors (Lipinski definition) is 2. The summed E-state index contributed by atoms with van der Waals surface area (Å²) < 4.78 is 0. The van der Waals surface area contributed by atoms with Gasteiger partial charge in [-0.15, -0.1) is 0 Å². The van der Waals surface area contributed by atoms with Gasteiger partial charge in [0.2, 0.25) is 0 Å². The van der Waals surface area contributed by atoms with Crippen molar-refractivity contribution < 1.29 is 0 Å². The van der Waals surface area contributed by atoms with Crippen molar-refractivity contribution in [1.29, 1.82) is 0 Å². The van der Waals surface area contributed by atoms with Gasteiger partial charge in [0, 0.05) is 0 Å². The van der Waals surface area contributed by atoms with Crippen LogP contribution in [0, 0.1) is 6.92 Å². The summed E-state index contributed by atoms with van der Waals surface area (Å²) in [7, 11) is 0. The number of halogens is 2. The molecule has 0 bridgehead atoms. The molecule has 0 aliphatic carbocycles. The molecule has 0 spiro atoms. The normalized spacial score (nSPS) is 12.7. The molecule has 0 amide bonds. The van der Waals surface area contributed by atoms with Crippen molar-refractivity contribution in [2.75, 3.05) is 6.54 Å². The minimum Gasteiger partial charge on any atom is -0.306 e. The molecule has 0 fully saturated rings. The molecule has 1 aromatic heterocycles. The van der Waals surface area contributed by atoms with E-state index in [2.05, 4.69) is 29.9 Å². The molecule has 1 aromatic carbocycles. The molecule has 1 unspecified atom stereocenters. The molecule has 2 aromatic rings. The molecule has 2 rings (SSSR count). The van der Waals surface area contributed by atoms with E-state index < -0.39 is 0 Å². The zero-order chi connectivity index (χ0) is 13.1. The smallest absolute Gasteiger partial charge is 0.0595 e. The Morgan fingerprint density at radius 1 is 1.22 bits per heavy atom. The fraction of sp³-hybridized carbons (Fsp3) is 0.286. The second-order valence-corrected chi connectivity index (χ2v) is 5.73. The molecule has 1 atom stereocenters. The van der Waals surface area contributed by atoms with E-state index in [-0.39, 0.29) is 6.04 Å². The van der Waals surface area contributed by atoms with Gasteiger partial charge in [0.25, 0.3) is 0 Å². The molecule has 4 heteroatoms. The Morgan fingerprint density at radius 3 is 2.56 bits per heavy atom. The summed E-state index contributed by atoms with van der Waals surface area (Å²) >= 11 is 13.8. The maximum Gasteiger partial charge on any atom is 0.0595 e.